The van der Waals surface area contributed by atoms with Gasteiger partial charge >= 0.3 is 12.1 Å². The maximum Gasteiger partial charge on any atom is 0.416 e. The van der Waals surface area contributed by atoms with Gasteiger partial charge in [0.2, 0.25) is 0 Å². The van der Waals surface area contributed by atoms with Gasteiger partial charge in [0.05, 0.1) is 5.56 Å². The highest BCUT2D eigenvalue weighted by Crippen LogP contribution is 2.32. The quantitative estimate of drug-likeness (QED) is 0.578. The number of carbonyl (C=O) groups is 1. The number of rotatable bonds is 5. The molecule has 0 amide bonds. The van der Waals surface area contributed by atoms with Gasteiger partial charge in [-0.1, -0.05) is 24.3 Å². The van der Waals surface area contributed by atoms with Gasteiger partial charge in [0, 0.05) is 5.56 Å². The Balaban J connectivity index is 1.80. The second-order valence-corrected chi connectivity index (χ2v) is 6.52. The fourth-order valence-electron chi connectivity index (χ4n) is 2.91. The monoisotopic (exact) mass is 402 g/mol. The Morgan fingerprint density at radius 1 is 1.00 bits per heavy atom. The van der Waals surface area contributed by atoms with Crippen molar-refractivity contribution >= 4 is 5.97 Å². The van der Waals surface area contributed by atoms with E-state index in [0.29, 0.717) is 28.0 Å². The van der Waals surface area contributed by atoms with Gasteiger partial charge in [-0.15, -0.1) is 0 Å². The summed E-state index contributed by atoms with van der Waals surface area (Å²) in [7, 11) is 0. The molecular weight excluding hydrogens is 385 g/mol. The molecule has 0 radical (unpaired) electrons. The summed E-state index contributed by atoms with van der Waals surface area (Å²) < 4.78 is 43.8. The molecule has 3 aromatic rings. The van der Waals surface area contributed by atoms with Crippen LogP contribution in [0.5, 0.6) is 11.5 Å². The molecule has 0 aliphatic rings. The van der Waals surface area contributed by atoms with E-state index in [1.807, 2.05) is 0 Å². The van der Waals surface area contributed by atoms with E-state index in [0.717, 1.165) is 12.1 Å². The van der Waals surface area contributed by atoms with Crippen LogP contribution in [0.2, 0.25) is 0 Å². The number of alkyl halides is 3. The number of hydrogen-bond acceptors (Lipinski definition) is 3. The van der Waals surface area contributed by atoms with Gasteiger partial charge in [-0.2, -0.15) is 13.2 Å². The smallest absolute Gasteiger partial charge is 0.416 e. The number of aryl methyl sites for hydroxylation is 1. The lowest BCUT2D eigenvalue weighted by Gasteiger charge is -2.12. The van der Waals surface area contributed by atoms with Crippen LogP contribution in [-0.2, 0) is 12.8 Å². The van der Waals surface area contributed by atoms with Crippen molar-refractivity contribution in [1.82, 2.24) is 0 Å². The summed E-state index contributed by atoms with van der Waals surface area (Å²) in [5.41, 5.74) is 1.31. The number of phenols is 1. The first kappa shape index (κ1) is 20.3. The van der Waals surface area contributed by atoms with Gasteiger partial charge in [0.15, 0.2) is 0 Å². The number of carboxylic acid groups (broad SMARTS) is 1. The van der Waals surface area contributed by atoms with Gasteiger partial charge in [0.1, 0.15) is 23.7 Å². The van der Waals surface area contributed by atoms with Crippen LogP contribution < -0.4 is 4.74 Å². The maximum atomic E-state index is 12.7. The number of aromatic hydroxyl groups is 1. The molecule has 2 N–H and O–H groups in total. The molecule has 3 aromatic carbocycles. The van der Waals surface area contributed by atoms with Crippen LogP contribution in [-0.4, -0.2) is 16.2 Å². The van der Waals surface area contributed by atoms with Gasteiger partial charge in [-0.3, -0.25) is 0 Å². The Hall–Kier alpha value is -3.48. The van der Waals surface area contributed by atoms with Crippen LogP contribution in [0.1, 0.15) is 27.0 Å². The molecule has 0 fully saturated rings. The second kappa shape index (κ2) is 7.87. The number of aromatic carboxylic acids is 1. The maximum absolute atomic E-state index is 12.7. The number of hydrogen-bond donors (Lipinski definition) is 2. The van der Waals surface area contributed by atoms with Crippen molar-refractivity contribution < 1.29 is 32.9 Å². The second-order valence-electron chi connectivity index (χ2n) is 6.52. The van der Waals surface area contributed by atoms with Crippen LogP contribution in [0.15, 0.2) is 60.7 Å². The third kappa shape index (κ3) is 4.68. The molecule has 150 valence electrons. The Bertz CT molecular complexity index is 1040. The zero-order chi connectivity index (χ0) is 21.2. The molecular formula is C22H17F3O4. The van der Waals surface area contributed by atoms with Gasteiger partial charge < -0.3 is 14.9 Å². The lowest BCUT2D eigenvalue weighted by Crippen LogP contribution is -2.04. The Labute approximate surface area is 164 Å². The average molecular weight is 402 g/mol. The summed E-state index contributed by atoms with van der Waals surface area (Å²) in [5.74, 6) is -1.17. The van der Waals surface area contributed by atoms with E-state index in [9.17, 15) is 23.1 Å². The van der Waals surface area contributed by atoms with E-state index in [2.05, 4.69) is 0 Å². The van der Waals surface area contributed by atoms with Crippen molar-refractivity contribution in [3.8, 4) is 22.6 Å². The van der Waals surface area contributed by atoms with Crippen molar-refractivity contribution in [3.63, 3.8) is 0 Å². The predicted octanol–water partition coefficient (Wildman–Crippen LogP) is 5.66. The van der Waals surface area contributed by atoms with Crippen LogP contribution in [0.4, 0.5) is 13.2 Å². The van der Waals surface area contributed by atoms with Crippen LogP contribution >= 0.6 is 0 Å². The minimum absolute atomic E-state index is 0.0652. The first-order chi connectivity index (χ1) is 13.6. The molecule has 0 spiro atoms. The summed E-state index contributed by atoms with van der Waals surface area (Å²) in [5, 5.41) is 19.3. The van der Waals surface area contributed by atoms with E-state index in [-0.39, 0.29) is 17.9 Å². The minimum Gasteiger partial charge on any atom is -0.507 e. The molecule has 4 nitrogen and oxygen atoms in total. The van der Waals surface area contributed by atoms with Crippen molar-refractivity contribution in [2.24, 2.45) is 0 Å². The van der Waals surface area contributed by atoms with Crippen molar-refractivity contribution in [2.45, 2.75) is 19.7 Å². The molecule has 0 aliphatic carbocycles. The minimum atomic E-state index is -4.39. The molecule has 0 unspecified atom stereocenters. The van der Waals surface area contributed by atoms with Crippen LogP contribution in [0, 0.1) is 6.92 Å². The number of benzene rings is 3. The fourth-order valence-corrected chi connectivity index (χ4v) is 2.91. The molecule has 0 aliphatic heterocycles. The highest BCUT2D eigenvalue weighted by molar-refractivity contribution is 5.91. The molecule has 0 atom stereocenters. The summed E-state index contributed by atoms with van der Waals surface area (Å²) in [4.78, 5) is 11.2. The van der Waals surface area contributed by atoms with E-state index >= 15 is 0 Å². The average Bonchev–Trinajstić information content (AvgIpc) is 2.68. The predicted molar refractivity (Wildman–Crippen MR) is 101 cm³/mol. The molecule has 29 heavy (non-hydrogen) atoms. The van der Waals surface area contributed by atoms with Gasteiger partial charge in [0.25, 0.3) is 0 Å². The molecule has 0 aromatic heterocycles. The standard InChI is InChI=1S/C22H17F3O4/c1-13-9-16(20(26)19(10-13)21(27)28)12-29-18-4-2-3-15(11-18)14-5-7-17(8-6-14)22(23,24)25/h2-11,26H,12H2,1H3,(H,27,28). The van der Waals surface area contributed by atoms with Gasteiger partial charge in [-0.05, 0) is 60.0 Å². The van der Waals surface area contributed by atoms with Crippen LogP contribution in [0.25, 0.3) is 11.1 Å². The summed E-state index contributed by atoms with van der Waals surface area (Å²) >= 11 is 0. The number of carboxylic acids is 1. The van der Waals surface area contributed by atoms with E-state index in [1.54, 1.807) is 37.3 Å². The zero-order valence-corrected chi connectivity index (χ0v) is 15.3. The summed E-state index contributed by atoms with van der Waals surface area (Å²) in [6.07, 6.45) is -4.39. The number of ether oxygens (including phenoxy) is 1. The molecule has 0 saturated heterocycles. The highest BCUT2D eigenvalue weighted by atomic mass is 19.4. The summed E-state index contributed by atoms with van der Waals surface area (Å²) in [6, 6.07) is 14.5. The third-order valence-electron chi connectivity index (χ3n) is 4.34. The van der Waals surface area contributed by atoms with E-state index in [4.69, 9.17) is 9.84 Å². The molecule has 3 rings (SSSR count). The molecule has 0 heterocycles. The molecule has 7 heteroatoms. The topological polar surface area (TPSA) is 66.8 Å². The first-order valence-corrected chi connectivity index (χ1v) is 8.61. The largest absolute Gasteiger partial charge is 0.507 e. The molecule has 0 saturated carbocycles. The zero-order valence-electron chi connectivity index (χ0n) is 15.3. The van der Waals surface area contributed by atoms with Crippen LogP contribution in [0.3, 0.4) is 0 Å². The lowest BCUT2D eigenvalue weighted by atomic mass is 10.0. The van der Waals surface area contributed by atoms with Crippen molar-refractivity contribution in [3.05, 3.63) is 82.9 Å². The van der Waals surface area contributed by atoms with E-state index < -0.39 is 17.7 Å². The highest BCUT2D eigenvalue weighted by Gasteiger charge is 2.29. The Morgan fingerprint density at radius 3 is 2.31 bits per heavy atom. The number of halogens is 3. The van der Waals surface area contributed by atoms with Crippen molar-refractivity contribution in [1.29, 1.82) is 0 Å². The van der Waals surface area contributed by atoms with Crippen molar-refractivity contribution in [2.75, 3.05) is 0 Å². The fraction of sp³-hybridized carbons (Fsp3) is 0.136. The van der Waals surface area contributed by atoms with E-state index in [1.165, 1.54) is 18.2 Å². The Morgan fingerprint density at radius 2 is 1.69 bits per heavy atom. The molecule has 0 bridgehead atoms. The first-order valence-electron chi connectivity index (χ1n) is 8.61. The normalized spacial score (nSPS) is 11.3. The Kier molecular flexibility index (Phi) is 5.50. The van der Waals surface area contributed by atoms with Gasteiger partial charge in [-0.25, -0.2) is 4.79 Å². The summed E-state index contributed by atoms with van der Waals surface area (Å²) in [6.45, 7) is 1.64. The lowest BCUT2D eigenvalue weighted by molar-refractivity contribution is -0.137. The third-order valence-corrected chi connectivity index (χ3v) is 4.34. The SMILES string of the molecule is Cc1cc(COc2cccc(-c3ccc(C(F)(F)F)cc3)c2)c(O)c(C(=O)O)c1.